The zero-order chi connectivity index (χ0) is 15.6. The maximum atomic E-state index is 5.49. The molecule has 3 fully saturated rings. The van der Waals surface area contributed by atoms with Crippen molar-refractivity contribution in [2.75, 3.05) is 39.4 Å². The van der Waals surface area contributed by atoms with Gasteiger partial charge in [-0.3, -0.25) is 9.80 Å². The van der Waals surface area contributed by atoms with Crippen molar-refractivity contribution in [3.8, 4) is 0 Å². The maximum Gasteiger partial charge on any atom is 0.168 e. The minimum Gasteiger partial charge on any atom is -0.379 e. The molecule has 1 saturated carbocycles. The van der Waals surface area contributed by atoms with Crippen LogP contribution in [-0.4, -0.2) is 75.4 Å². The van der Waals surface area contributed by atoms with E-state index >= 15 is 0 Å². The number of ether oxygens (including phenoxy) is 1. The summed E-state index contributed by atoms with van der Waals surface area (Å²) >= 11 is 0. The first-order chi connectivity index (χ1) is 11.3. The second kappa shape index (κ2) is 6.83. The molecule has 0 unspecified atom stereocenters. The number of morpholine rings is 1. The third-order valence-electron chi connectivity index (χ3n) is 5.53. The number of piperidine rings is 1. The molecule has 7 heteroatoms. The lowest BCUT2D eigenvalue weighted by Crippen LogP contribution is -2.50. The molecular formula is C16H28N6O. The summed E-state index contributed by atoms with van der Waals surface area (Å²) in [4.78, 5) is 5.20. The van der Waals surface area contributed by atoms with Gasteiger partial charge in [0.25, 0.3) is 0 Å². The topological polar surface area (TPSA) is 59.3 Å². The highest BCUT2D eigenvalue weighted by molar-refractivity contribution is 4.99. The molecule has 1 aromatic heterocycles. The van der Waals surface area contributed by atoms with E-state index in [9.17, 15) is 0 Å². The van der Waals surface area contributed by atoms with Crippen molar-refractivity contribution in [1.82, 2.24) is 30.0 Å². The number of likely N-dealkylation sites (tertiary alicyclic amines) is 1. The monoisotopic (exact) mass is 320 g/mol. The number of nitrogens with zero attached hydrogens (tertiary/aromatic N) is 6. The predicted octanol–water partition coefficient (Wildman–Crippen LogP) is 1.26. The van der Waals surface area contributed by atoms with Crippen LogP contribution in [0.2, 0.25) is 0 Å². The van der Waals surface area contributed by atoms with Crippen LogP contribution in [0, 0.1) is 0 Å². The van der Waals surface area contributed by atoms with Gasteiger partial charge in [-0.1, -0.05) is 6.42 Å². The Morgan fingerprint density at radius 2 is 1.96 bits per heavy atom. The number of rotatable bonds is 5. The molecular weight excluding hydrogens is 292 g/mol. The van der Waals surface area contributed by atoms with E-state index in [1.165, 1.54) is 32.1 Å². The van der Waals surface area contributed by atoms with E-state index in [2.05, 4.69) is 36.9 Å². The van der Waals surface area contributed by atoms with Gasteiger partial charge in [-0.15, -0.1) is 5.10 Å². The van der Waals surface area contributed by atoms with Crippen molar-refractivity contribution in [3.63, 3.8) is 0 Å². The molecule has 2 saturated heterocycles. The molecule has 3 aliphatic rings. The SMILES string of the molecule is C[C@H](c1nnnn1C1CC1)N1CCCC[C@@H]1CN1CCOCC1. The Labute approximate surface area is 138 Å². The third kappa shape index (κ3) is 3.41. The fraction of sp³-hybridized carbons (Fsp3) is 0.938. The summed E-state index contributed by atoms with van der Waals surface area (Å²) in [6.45, 7) is 8.48. The van der Waals surface area contributed by atoms with Crippen LogP contribution in [0.15, 0.2) is 0 Å². The molecule has 0 aromatic carbocycles. The van der Waals surface area contributed by atoms with Gasteiger partial charge in [0.05, 0.1) is 25.3 Å². The van der Waals surface area contributed by atoms with Crippen LogP contribution >= 0.6 is 0 Å². The van der Waals surface area contributed by atoms with Crippen LogP contribution in [0.1, 0.15) is 56.9 Å². The van der Waals surface area contributed by atoms with Gasteiger partial charge in [-0.2, -0.15) is 0 Å². The largest absolute Gasteiger partial charge is 0.379 e. The van der Waals surface area contributed by atoms with Gasteiger partial charge in [-0.25, -0.2) is 4.68 Å². The quantitative estimate of drug-likeness (QED) is 0.814. The molecule has 4 rings (SSSR count). The standard InChI is InChI=1S/C16H28N6O/c1-13(16-17-18-19-22(16)14-5-6-14)21-7-3-2-4-15(21)12-20-8-10-23-11-9-20/h13-15H,2-12H2,1H3/t13-,15-/m1/s1. The lowest BCUT2D eigenvalue weighted by Gasteiger charge is -2.42. The number of tetrazole rings is 1. The Balaban J connectivity index is 1.46. The highest BCUT2D eigenvalue weighted by Gasteiger charge is 2.35. The lowest BCUT2D eigenvalue weighted by molar-refractivity contribution is 0.00785. The molecule has 1 aliphatic carbocycles. The fourth-order valence-corrected chi connectivity index (χ4v) is 4.01. The summed E-state index contributed by atoms with van der Waals surface area (Å²) in [5.41, 5.74) is 0. The van der Waals surface area contributed by atoms with Gasteiger partial charge in [0.2, 0.25) is 0 Å². The average molecular weight is 320 g/mol. The third-order valence-corrected chi connectivity index (χ3v) is 5.53. The average Bonchev–Trinajstić information content (AvgIpc) is 3.32. The summed E-state index contributed by atoms with van der Waals surface area (Å²) < 4.78 is 7.56. The zero-order valence-corrected chi connectivity index (χ0v) is 14.1. The fourth-order valence-electron chi connectivity index (χ4n) is 4.01. The van der Waals surface area contributed by atoms with E-state index in [-0.39, 0.29) is 0 Å². The first-order valence-corrected chi connectivity index (χ1v) is 9.16. The van der Waals surface area contributed by atoms with E-state index in [1.807, 2.05) is 0 Å². The Bertz CT molecular complexity index is 510. The van der Waals surface area contributed by atoms with Gasteiger partial charge >= 0.3 is 0 Å². The molecule has 0 bridgehead atoms. The summed E-state index contributed by atoms with van der Waals surface area (Å²) in [5, 5.41) is 12.5. The summed E-state index contributed by atoms with van der Waals surface area (Å²) in [7, 11) is 0. The molecule has 0 spiro atoms. The number of aromatic nitrogens is 4. The van der Waals surface area contributed by atoms with Gasteiger partial charge in [-0.05, 0) is 49.6 Å². The van der Waals surface area contributed by atoms with Gasteiger partial charge < -0.3 is 4.74 Å². The van der Waals surface area contributed by atoms with Gasteiger partial charge in [0.15, 0.2) is 5.82 Å². The van der Waals surface area contributed by atoms with E-state index in [1.54, 1.807) is 0 Å². The van der Waals surface area contributed by atoms with Crippen LogP contribution in [0.5, 0.6) is 0 Å². The first kappa shape index (κ1) is 15.5. The summed E-state index contributed by atoms with van der Waals surface area (Å²) in [6, 6.07) is 1.46. The lowest BCUT2D eigenvalue weighted by atomic mass is 9.99. The van der Waals surface area contributed by atoms with Crippen molar-refractivity contribution in [2.24, 2.45) is 0 Å². The first-order valence-electron chi connectivity index (χ1n) is 9.16. The van der Waals surface area contributed by atoms with Crippen molar-refractivity contribution in [2.45, 2.75) is 57.2 Å². The molecule has 0 radical (unpaired) electrons. The molecule has 7 nitrogen and oxygen atoms in total. The molecule has 3 heterocycles. The molecule has 23 heavy (non-hydrogen) atoms. The molecule has 128 valence electrons. The van der Waals surface area contributed by atoms with E-state index in [0.29, 0.717) is 18.1 Å². The molecule has 0 amide bonds. The van der Waals surface area contributed by atoms with E-state index in [0.717, 1.165) is 45.2 Å². The Morgan fingerprint density at radius 3 is 2.74 bits per heavy atom. The minimum absolute atomic E-state index is 0.303. The zero-order valence-electron chi connectivity index (χ0n) is 14.1. The number of hydrogen-bond acceptors (Lipinski definition) is 6. The van der Waals surface area contributed by atoms with Gasteiger partial charge in [0.1, 0.15) is 0 Å². The molecule has 2 atom stereocenters. The molecule has 1 aromatic rings. The van der Waals surface area contributed by atoms with Gasteiger partial charge in [0, 0.05) is 25.7 Å². The minimum atomic E-state index is 0.303. The Hall–Kier alpha value is -1.05. The Morgan fingerprint density at radius 1 is 1.13 bits per heavy atom. The second-order valence-corrected chi connectivity index (χ2v) is 7.19. The van der Waals surface area contributed by atoms with Crippen LogP contribution < -0.4 is 0 Å². The van der Waals surface area contributed by atoms with Crippen molar-refractivity contribution < 1.29 is 4.74 Å². The number of hydrogen-bond donors (Lipinski definition) is 0. The highest BCUT2D eigenvalue weighted by Crippen LogP contribution is 2.37. The van der Waals surface area contributed by atoms with E-state index in [4.69, 9.17) is 4.74 Å². The Kier molecular flexibility index (Phi) is 4.59. The maximum absolute atomic E-state index is 5.49. The highest BCUT2D eigenvalue weighted by atomic mass is 16.5. The van der Waals surface area contributed by atoms with Crippen LogP contribution in [-0.2, 0) is 4.74 Å². The second-order valence-electron chi connectivity index (χ2n) is 7.19. The summed E-state index contributed by atoms with van der Waals surface area (Å²) in [6.07, 6.45) is 6.36. The van der Waals surface area contributed by atoms with Crippen molar-refractivity contribution in [1.29, 1.82) is 0 Å². The van der Waals surface area contributed by atoms with Crippen LogP contribution in [0.4, 0.5) is 0 Å². The summed E-state index contributed by atoms with van der Waals surface area (Å²) in [5.74, 6) is 1.06. The molecule has 0 N–H and O–H groups in total. The predicted molar refractivity (Wildman–Crippen MR) is 86.1 cm³/mol. The van der Waals surface area contributed by atoms with Crippen molar-refractivity contribution in [3.05, 3.63) is 5.82 Å². The van der Waals surface area contributed by atoms with Crippen LogP contribution in [0.25, 0.3) is 0 Å². The van der Waals surface area contributed by atoms with Crippen molar-refractivity contribution >= 4 is 0 Å². The molecule has 2 aliphatic heterocycles. The smallest absolute Gasteiger partial charge is 0.168 e. The normalized spacial score (nSPS) is 28.8. The van der Waals surface area contributed by atoms with E-state index < -0.39 is 0 Å². The van der Waals surface area contributed by atoms with Crippen LogP contribution in [0.3, 0.4) is 0 Å².